The van der Waals surface area contributed by atoms with E-state index in [0.29, 0.717) is 12.2 Å². The number of carboxylic acid groups (broad SMARTS) is 2. The van der Waals surface area contributed by atoms with Gasteiger partial charge in [-0.05, 0) is 24.6 Å². The topological polar surface area (TPSA) is 101 Å². The van der Waals surface area contributed by atoms with E-state index in [1.54, 1.807) is 0 Å². The molecule has 0 fully saturated rings. The van der Waals surface area contributed by atoms with E-state index in [9.17, 15) is 9.59 Å². The molecule has 3 heterocycles. The number of rotatable bonds is 2. The van der Waals surface area contributed by atoms with Gasteiger partial charge in [0.15, 0.2) is 0 Å². The van der Waals surface area contributed by atoms with Gasteiger partial charge in [-0.3, -0.25) is 0 Å². The van der Waals surface area contributed by atoms with Gasteiger partial charge in [-0.1, -0.05) is 11.6 Å². The van der Waals surface area contributed by atoms with E-state index < -0.39 is 11.9 Å². The SMILES string of the molecule is Clc1cc2c3c(c1)c1c(n3CCO2)CCNCC1.O=C(O)/C=C\C(=O)O. The van der Waals surface area contributed by atoms with Crippen LogP contribution in [0.1, 0.15) is 11.3 Å². The number of ether oxygens (including phenoxy) is 1. The quantitative estimate of drug-likeness (QED) is 0.692. The lowest BCUT2D eigenvalue weighted by molar-refractivity contribution is -0.134. The number of nitrogens with zero attached hydrogens (tertiary/aromatic N) is 1. The van der Waals surface area contributed by atoms with Crippen LogP contribution in [0.3, 0.4) is 0 Å². The van der Waals surface area contributed by atoms with Crippen LogP contribution in [0, 0.1) is 0 Å². The second-order valence-electron chi connectivity index (χ2n) is 5.99. The van der Waals surface area contributed by atoms with Gasteiger partial charge in [0, 0.05) is 47.3 Å². The summed E-state index contributed by atoms with van der Waals surface area (Å²) < 4.78 is 8.20. The fourth-order valence-electron chi connectivity index (χ4n) is 3.39. The molecule has 0 atom stereocenters. The molecule has 4 rings (SSSR count). The van der Waals surface area contributed by atoms with E-state index in [2.05, 4.69) is 16.0 Å². The Morgan fingerprint density at radius 2 is 1.85 bits per heavy atom. The van der Waals surface area contributed by atoms with Crippen LogP contribution in [0.2, 0.25) is 5.02 Å². The maximum Gasteiger partial charge on any atom is 0.328 e. The lowest BCUT2D eigenvalue weighted by Crippen LogP contribution is -2.19. The van der Waals surface area contributed by atoms with Gasteiger partial charge in [-0.25, -0.2) is 9.59 Å². The fourth-order valence-corrected chi connectivity index (χ4v) is 3.60. The number of carboxylic acids is 2. The molecule has 3 N–H and O–H groups in total. The van der Waals surface area contributed by atoms with Crippen LogP contribution in [-0.2, 0) is 29.0 Å². The van der Waals surface area contributed by atoms with Gasteiger partial charge in [0.1, 0.15) is 12.4 Å². The summed E-state index contributed by atoms with van der Waals surface area (Å²) in [5.74, 6) is -1.57. The molecule has 1 aromatic heterocycles. The second kappa shape index (κ2) is 7.80. The monoisotopic (exact) mass is 378 g/mol. The number of aromatic nitrogens is 1. The van der Waals surface area contributed by atoms with Crippen molar-refractivity contribution < 1.29 is 24.5 Å². The molecule has 2 aliphatic rings. The molecule has 0 aliphatic carbocycles. The predicted molar refractivity (Wildman–Crippen MR) is 97.1 cm³/mol. The molecule has 26 heavy (non-hydrogen) atoms. The van der Waals surface area contributed by atoms with Crippen LogP contribution in [0.4, 0.5) is 0 Å². The van der Waals surface area contributed by atoms with E-state index in [1.807, 2.05) is 6.07 Å². The van der Waals surface area contributed by atoms with E-state index in [-0.39, 0.29) is 0 Å². The van der Waals surface area contributed by atoms with Crippen LogP contribution in [0.5, 0.6) is 5.75 Å². The first-order chi connectivity index (χ1) is 12.5. The van der Waals surface area contributed by atoms with Gasteiger partial charge in [0.25, 0.3) is 0 Å². The highest BCUT2D eigenvalue weighted by Crippen LogP contribution is 2.38. The number of carbonyl (C=O) groups is 2. The molecule has 0 unspecified atom stereocenters. The van der Waals surface area contributed by atoms with E-state index in [1.165, 1.54) is 22.2 Å². The molecule has 0 saturated heterocycles. The highest BCUT2D eigenvalue weighted by atomic mass is 35.5. The first kappa shape index (κ1) is 18.3. The van der Waals surface area contributed by atoms with Crippen LogP contribution in [0.15, 0.2) is 24.3 Å². The summed E-state index contributed by atoms with van der Waals surface area (Å²) in [4.78, 5) is 19.1. The Bertz CT molecular complexity index is 872. The molecule has 0 bridgehead atoms. The number of fused-ring (bicyclic) bond motifs is 3. The van der Waals surface area contributed by atoms with Crippen molar-refractivity contribution in [2.24, 2.45) is 0 Å². The molecule has 2 aromatic rings. The average molecular weight is 379 g/mol. The highest BCUT2D eigenvalue weighted by molar-refractivity contribution is 6.31. The lowest BCUT2D eigenvalue weighted by Gasteiger charge is -2.19. The summed E-state index contributed by atoms with van der Waals surface area (Å²) in [5, 5.41) is 21.2. The lowest BCUT2D eigenvalue weighted by atomic mass is 10.1. The van der Waals surface area contributed by atoms with Crippen molar-refractivity contribution in [3.05, 3.63) is 40.6 Å². The Hall–Kier alpha value is -2.51. The van der Waals surface area contributed by atoms with Crippen molar-refractivity contribution in [1.82, 2.24) is 9.88 Å². The highest BCUT2D eigenvalue weighted by Gasteiger charge is 2.24. The molecular formula is C18H19ClN2O5. The summed E-state index contributed by atoms with van der Waals surface area (Å²) in [6.45, 7) is 3.82. The first-order valence-corrected chi connectivity index (χ1v) is 8.66. The number of hydrogen-bond acceptors (Lipinski definition) is 4. The molecule has 8 heteroatoms. The van der Waals surface area contributed by atoms with Crippen molar-refractivity contribution >= 4 is 34.4 Å². The molecule has 0 saturated carbocycles. The Kier molecular flexibility index (Phi) is 5.49. The zero-order valence-corrected chi connectivity index (χ0v) is 14.8. The fraction of sp³-hybridized carbons (Fsp3) is 0.333. The van der Waals surface area contributed by atoms with Gasteiger partial charge < -0.3 is 24.8 Å². The maximum absolute atomic E-state index is 9.55. The summed E-state index contributed by atoms with van der Waals surface area (Å²) in [7, 11) is 0. The van der Waals surface area contributed by atoms with Crippen LogP contribution in [-0.4, -0.2) is 46.4 Å². The summed E-state index contributed by atoms with van der Waals surface area (Å²) >= 11 is 6.21. The zero-order chi connectivity index (χ0) is 18.7. The second-order valence-corrected chi connectivity index (χ2v) is 6.42. The standard InChI is InChI=1S/C14H15ClN2O.C4H4O4/c15-9-7-11-10-1-3-16-4-2-12(10)17-5-6-18-13(8-9)14(11)17;5-3(6)1-2-4(7)8/h7-8,16H,1-6H2;1-2H,(H,5,6)(H,7,8)/b;2-1-. The zero-order valence-electron chi connectivity index (χ0n) is 14.0. The number of halogens is 1. The number of benzene rings is 1. The van der Waals surface area contributed by atoms with Crippen LogP contribution in [0.25, 0.3) is 10.9 Å². The molecule has 1 aromatic carbocycles. The minimum atomic E-state index is -1.26. The average Bonchev–Trinajstić information content (AvgIpc) is 2.76. The molecule has 7 nitrogen and oxygen atoms in total. The summed E-state index contributed by atoms with van der Waals surface area (Å²) in [5.41, 5.74) is 4.18. The molecule has 2 aliphatic heterocycles. The molecular weight excluding hydrogens is 360 g/mol. The van der Waals surface area contributed by atoms with E-state index >= 15 is 0 Å². The third-order valence-corrected chi connectivity index (χ3v) is 4.56. The first-order valence-electron chi connectivity index (χ1n) is 8.28. The Morgan fingerprint density at radius 1 is 1.15 bits per heavy atom. The van der Waals surface area contributed by atoms with E-state index in [0.717, 1.165) is 49.9 Å². The van der Waals surface area contributed by atoms with Crippen molar-refractivity contribution in [3.63, 3.8) is 0 Å². The number of nitrogens with one attached hydrogen (secondary N) is 1. The molecule has 138 valence electrons. The normalized spacial score (nSPS) is 15.6. The molecule has 0 spiro atoms. The number of hydrogen-bond donors (Lipinski definition) is 3. The van der Waals surface area contributed by atoms with Gasteiger partial charge in [0.2, 0.25) is 0 Å². The minimum absolute atomic E-state index is 0.558. The van der Waals surface area contributed by atoms with Crippen LogP contribution >= 0.6 is 11.6 Å². The largest absolute Gasteiger partial charge is 0.489 e. The maximum atomic E-state index is 9.55. The summed E-state index contributed by atoms with van der Waals surface area (Å²) in [6.07, 6.45) is 3.30. The molecule has 0 radical (unpaired) electrons. The van der Waals surface area contributed by atoms with Gasteiger partial charge in [0.05, 0.1) is 12.1 Å². The third-order valence-electron chi connectivity index (χ3n) is 4.34. The van der Waals surface area contributed by atoms with Gasteiger partial charge in [-0.15, -0.1) is 0 Å². The smallest absolute Gasteiger partial charge is 0.328 e. The minimum Gasteiger partial charge on any atom is -0.489 e. The van der Waals surface area contributed by atoms with Crippen molar-refractivity contribution in [2.75, 3.05) is 19.7 Å². The predicted octanol–water partition coefficient (Wildman–Crippen LogP) is 2.09. The van der Waals surface area contributed by atoms with Gasteiger partial charge in [-0.2, -0.15) is 0 Å². The van der Waals surface area contributed by atoms with E-state index in [4.69, 9.17) is 26.6 Å². The molecule has 0 amide bonds. The van der Waals surface area contributed by atoms with Crippen molar-refractivity contribution in [1.29, 1.82) is 0 Å². The third kappa shape index (κ3) is 3.84. The summed E-state index contributed by atoms with van der Waals surface area (Å²) in [6, 6.07) is 4.03. The number of aliphatic carboxylic acids is 2. The van der Waals surface area contributed by atoms with Crippen molar-refractivity contribution in [2.45, 2.75) is 19.4 Å². The Labute approximate surface area is 154 Å². The van der Waals surface area contributed by atoms with Crippen molar-refractivity contribution in [3.8, 4) is 5.75 Å². The van der Waals surface area contributed by atoms with Crippen LogP contribution < -0.4 is 10.1 Å². The van der Waals surface area contributed by atoms with Gasteiger partial charge >= 0.3 is 11.9 Å². The Morgan fingerprint density at radius 3 is 2.54 bits per heavy atom. The Balaban J connectivity index is 0.000000211.